The second-order valence-electron chi connectivity index (χ2n) is 7.72. The van der Waals surface area contributed by atoms with Crippen LogP contribution in [0.1, 0.15) is 29.2 Å². The second-order valence-corrected chi connectivity index (χ2v) is 9.58. The van der Waals surface area contributed by atoms with E-state index in [9.17, 15) is 13.2 Å². The van der Waals surface area contributed by atoms with Crippen LogP contribution >= 0.6 is 0 Å². The molecule has 6 nitrogen and oxygen atoms in total. The molecule has 3 rings (SSSR count). The molecular formula is C24H27N3O3S. The van der Waals surface area contributed by atoms with Crippen molar-refractivity contribution in [3.8, 4) is 0 Å². The van der Waals surface area contributed by atoms with E-state index in [1.807, 2.05) is 56.3 Å². The second kappa shape index (κ2) is 9.31. The van der Waals surface area contributed by atoms with E-state index in [1.54, 1.807) is 31.5 Å². The molecule has 1 N–H and O–H groups in total. The number of hydrogen-bond donors (Lipinski definition) is 1. The number of aromatic nitrogens is 1. The van der Waals surface area contributed by atoms with E-state index in [-0.39, 0.29) is 0 Å². The van der Waals surface area contributed by atoms with E-state index in [0.717, 1.165) is 39.2 Å². The molecular weight excluding hydrogens is 410 g/mol. The van der Waals surface area contributed by atoms with E-state index in [2.05, 4.69) is 10.3 Å². The van der Waals surface area contributed by atoms with Gasteiger partial charge >= 0.3 is 0 Å². The summed E-state index contributed by atoms with van der Waals surface area (Å²) >= 11 is 0. The van der Waals surface area contributed by atoms with Crippen molar-refractivity contribution in [3.05, 3.63) is 89.2 Å². The summed E-state index contributed by atoms with van der Waals surface area (Å²) in [6, 6.07) is 15.9. The molecule has 1 aromatic heterocycles. The fourth-order valence-electron chi connectivity index (χ4n) is 3.36. The van der Waals surface area contributed by atoms with Crippen LogP contribution in [0.2, 0.25) is 0 Å². The minimum Gasteiger partial charge on any atom is -0.324 e. The minimum absolute atomic E-state index is 0.398. The van der Waals surface area contributed by atoms with E-state index in [4.69, 9.17) is 0 Å². The Morgan fingerprint density at radius 3 is 2.16 bits per heavy atom. The fraction of sp³-hybridized carbons (Fsp3) is 0.250. The Morgan fingerprint density at radius 2 is 1.58 bits per heavy atom. The van der Waals surface area contributed by atoms with E-state index < -0.39 is 22.0 Å². The Balaban J connectivity index is 1.75. The van der Waals surface area contributed by atoms with Gasteiger partial charge in [-0.15, -0.1) is 0 Å². The molecule has 0 aliphatic rings. The van der Waals surface area contributed by atoms with Gasteiger partial charge in [0.05, 0.1) is 11.9 Å². The summed E-state index contributed by atoms with van der Waals surface area (Å²) in [5.41, 5.74) is 5.36. The first-order valence-electron chi connectivity index (χ1n) is 10.0. The number of amides is 1. The fourth-order valence-corrected chi connectivity index (χ4v) is 4.53. The monoisotopic (exact) mass is 437 g/mol. The molecule has 31 heavy (non-hydrogen) atoms. The predicted octanol–water partition coefficient (Wildman–Crippen LogP) is 4.08. The van der Waals surface area contributed by atoms with Gasteiger partial charge in [0.15, 0.2) is 0 Å². The number of sulfonamides is 1. The molecule has 0 unspecified atom stereocenters. The standard InChI is InChI=1S/C24H27N3O3S/c1-17-5-10-23(15-18(17)2)27(31(4,29)30)19(3)24(28)26-22-8-6-20(7-9-22)16-21-11-13-25-14-12-21/h5-15,19H,16H2,1-4H3,(H,26,28)/t19-/m1/s1. The normalized spacial score (nSPS) is 12.3. The van der Waals surface area contributed by atoms with Gasteiger partial charge in [-0.3, -0.25) is 14.1 Å². The van der Waals surface area contributed by atoms with Gasteiger partial charge in [-0.1, -0.05) is 18.2 Å². The summed E-state index contributed by atoms with van der Waals surface area (Å²) in [7, 11) is -3.66. The van der Waals surface area contributed by atoms with E-state index in [0.29, 0.717) is 11.4 Å². The summed E-state index contributed by atoms with van der Waals surface area (Å²) in [5.74, 6) is -0.398. The molecule has 0 saturated heterocycles. The van der Waals surface area contributed by atoms with Gasteiger partial charge < -0.3 is 5.32 Å². The smallest absolute Gasteiger partial charge is 0.247 e. The first-order valence-corrected chi connectivity index (χ1v) is 11.9. The maximum atomic E-state index is 12.9. The van der Waals surface area contributed by atoms with E-state index >= 15 is 0 Å². The highest BCUT2D eigenvalue weighted by Gasteiger charge is 2.29. The largest absolute Gasteiger partial charge is 0.324 e. The number of nitrogens with one attached hydrogen (secondary N) is 1. The van der Waals surface area contributed by atoms with Crippen LogP contribution < -0.4 is 9.62 Å². The first kappa shape index (κ1) is 22.5. The molecule has 0 aliphatic carbocycles. The van der Waals surface area contributed by atoms with Crippen molar-refractivity contribution < 1.29 is 13.2 Å². The number of carbonyl (C=O) groups is 1. The number of rotatable bonds is 7. The maximum Gasteiger partial charge on any atom is 0.247 e. The van der Waals surface area contributed by atoms with Crippen molar-refractivity contribution in [2.75, 3.05) is 15.9 Å². The molecule has 162 valence electrons. The molecule has 0 saturated carbocycles. The maximum absolute atomic E-state index is 12.9. The van der Waals surface area contributed by atoms with Crippen molar-refractivity contribution >= 4 is 27.3 Å². The van der Waals surface area contributed by atoms with Crippen LogP contribution in [0.3, 0.4) is 0 Å². The highest BCUT2D eigenvalue weighted by Crippen LogP contribution is 2.24. The molecule has 0 fully saturated rings. The van der Waals surface area contributed by atoms with Gasteiger partial charge in [-0.2, -0.15) is 0 Å². The first-order chi connectivity index (χ1) is 14.6. The third-order valence-corrected chi connectivity index (χ3v) is 6.45. The summed E-state index contributed by atoms with van der Waals surface area (Å²) in [6.07, 6.45) is 5.39. The molecule has 1 atom stereocenters. The quantitative estimate of drug-likeness (QED) is 0.604. The van der Waals surface area contributed by atoms with Crippen LogP contribution in [0.5, 0.6) is 0 Å². The number of pyridine rings is 1. The highest BCUT2D eigenvalue weighted by molar-refractivity contribution is 7.92. The van der Waals surface area contributed by atoms with Crippen LogP contribution in [0.15, 0.2) is 67.0 Å². The van der Waals surface area contributed by atoms with Crippen molar-refractivity contribution in [2.45, 2.75) is 33.2 Å². The van der Waals surface area contributed by atoms with Crippen molar-refractivity contribution in [1.29, 1.82) is 0 Å². The average Bonchev–Trinajstić information content (AvgIpc) is 2.72. The van der Waals surface area contributed by atoms with Crippen LogP contribution in [-0.2, 0) is 21.2 Å². The number of anilines is 2. The number of benzene rings is 2. The van der Waals surface area contributed by atoms with Crippen molar-refractivity contribution in [2.24, 2.45) is 0 Å². The lowest BCUT2D eigenvalue weighted by Gasteiger charge is -2.28. The van der Waals surface area contributed by atoms with E-state index in [1.165, 1.54) is 0 Å². The Morgan fingerprint density at radius 1 is 0.968 bits per heavy atom. The SMILES string of the molecule is Cc1ccc(N([C@H](C)C(=O)Nc2ccc(Cc3ccncc3)cc2)S(C)(=O)=O)cc1C. The lowest BCUT2D eigenvalue weighted by molar-refractivity contribution is -0.116. The number of aryl methyl sites for hydroxylation is 2. The molecule has 7 heteroatoms. The van der Waals surface area contributed by atoms with Crippen molar-refractivity contribution in [3.63, 3.8) is 0 Å². The molecule has 0 aliphatic heterocycles. The Bertz CT molecular complexity index is 1160. The van der Waals surface area contributed by atoms with Gasteiger partial charge in [0.1, 0.15) is 6.04 Å². The van der Waals surface area contributed by atoms with Crippen LogP contribution in [-0.4, -0.2) is 31.6 Å². The summed E-state index contributed by atoms with van der Waals surface area (Å²) in [4.78, 5) is 16.9. The molecule has 0 spiro atoms. The summed E-state index contributed by atoms with van der Waals surface area (Å²) in [5, 5.41) is 2.83. The van der Waals surface area contributed by atoms with Gasteiger partial charge in [-0.25, -0.2) is 8.42 Å². The molecule has 0 bridgehead atoms. The van der Waals surface area contributed by atoms with Gasteiger partial charge in [0.25, 0.3) is 0 Å². The number of nitrogens with zero attached hydrogens (tertiary/aromatic N) is 2. The molecule has 0 radical (unpaired) electrons. The highest BCUT2D eigenvalue weighted by atomic mass is 32.2. The third kappa shape index (κ3) is 5.70. The third-order valence-electron chi connectivity index (χ3n) is 5.21. The van der Waals surface area contributed by atoms with Crippen molar-refractivity contribution in [1.82, 2.24) is 4.98 Å². The summed E-state index contributed by atoms with van der Waals surface area (Å²) < 4.78 is 26.1. The molecule has 2 aromatic carbocycles. The Hall–Kier alpha value is -3.19. The van der Waals surface area contributed by atoms with Crippen LogP contribution in [0.4, 0.5) is 11.4 Å². The predicted molar refractivity (Wildman–Crippen MR) is 125 cm³/mol. The van der Waals surface area contributed by atoms with Gasteiger partial charge in [0.2, 0.25) is 15.9 Å². The number of carbonyl (C=O) groups excluding carboxylic acids is 1. The molecule has 3 aromatic rings. The number of hydrogen-bond acceptors (Lipinski definition) is 4. The van der Waals surface area contributed by atoms with Gasteiger partial charge in [-0.05, 0) is 85.8 Å². The van der Waals surface area contributed by atoms with Gasteiger partial charge in [0, 0.05) is 18.1 Å². The van der Waals surface area contributed by atoms with Crippen LogP contribution in [0, 0.1) is 13.8 Å². The Kier molecular flexibility index (Phi) is 6.75. The van der Waals surface area contributed by atoms with Crippen LogP contribution in [0.25, 0.3) is 0 Å². The zero-order valence-electron chi connectivity index (χ0n) is 18.2. The lowest BCUT2D eigenvalue weighted by atomic mass is 10.1. The average molecular weight is 438 g/mol. The minimum atomic E-state index is -3.66. The topological polar surface area (TPSA) is 79.4 Å². The lowest BCUT2D eigenvalue weighted by Crippen LogP contribution is -2.45. The molecule has 1 heterocycles. The zero-order valence-corrected chi connectivity index (χ0v) is 19.0. The molecule has 1 amide bonds. The Labute approximate surface area is 184 Å². The summed E-state index contributed by atoms with van der Waals surface area (Å²) in [6.45, 7) is 5.46. The zero-order chi connectivity index (χ0) is 22.6.